The van der Waals surface area contributed by atoms with Crippen molar-refractivity contribution in [3.63, 3.8) is 0 Å². The Morgan fingerprint density at radius 3 is 1.91 bits per heavy atom. The lowest BCUT2D eigenvalue weighted by atomic mass is 9.99. The minimum absolute atomic E-state index is 0.0798. The van der Waals surface area contributed by atoms with Gasteiger partial charge in [-0.2, -0.15) is 5.26 Å². The number of carbonyl (C=O) groups is 2. The first-order chi connectivity index (χ1) is 9.76. The molecule has 0 aromatic carbocycles. The van der Waals surface area contributed by atoms with E-state index in [-0.39, 0.29) is 5.57 Å². The highest BCUT2D eigenvalue weighted by Gasteiger charge is 2.27. The molecule has 1 unspecified atom stereocenters. The summed E-state index contributed by atoms with van der Waals surface area (Å²) in [5, 5.41) is 9.16. The number of rotatable bonds is 4. The fraction of sp³-hybridized carbons (Fsp3) is 0.588. The van der Waals surface area contributed by atoms with Gasteiger partial charge in [0.25, 0.3) is 0 Å². The Kier molecular flexibility index (Phi) is 6.57. The smallest absolute Gasteiger partial charge is 0.338 e. The standard InChI is InChI=1S/C17H25NO4/c1-11(9-12(2)14(19)21-16(3,4)5)13(10-18)15(20)22-17(6,7)8/h9,13H,2H2,1,3-8H3/b11-9+. The Morgan fingerprint density at radius 1 is 1.09 bits per heavy atom. The number of carbonyl (C=O) groups excluding carboxylic acids is 2. The Labute approximate surface area is 132 Å². The average Bonchev–Trinajstić information content (AvgIpc) is 2.24. The summed E-state index contributed by atoms with van der Waals surface area (Å²) >= 11 is 0. The van der Waals surface area contributed by atoms with Gasteiger partial charge in [-0.1, -0.05) is 6.58 Å². The quantitative estimate of drug-likeness (QED) is 0.452. The Balaban J connectivity index is 5.09. The van der Waals surface area contributed by atoms with Gasteiger partial charge in [-0.05, 0) is 60.1 Å². The van der Waals surface area contributed by atoms with Gasteiger partial charge < -0.3 is 9.47 Å². The van der Waals surface area contributed by atoms with Crippen molar-refractivity contribution >= 4 is 11.9 Å². The van der Waals surface area contributed by atoms with Crippen LogP contribution >= 0.6 is 0 Å². The molecule has 0 fully saturated rings. The van der Waals surface area contributed by atoms with E-state index in [1.165, 1.54) is 6.08 Å². The summed E-state index contributed by atoms with van der Waals surface area (Å²) in [5.41, 5.74) is -0.861. The van der Waals surface area contributed by atoms with Crippen molar-refractivity contribution in [2.24, 2.45) is 5.92 Å². The fourth-order valence-corrected chi connectivity index (χ4v) is 1.46. The van der Waals surface area contributed by atoms with Crippen molar-refractivity contribution in [3.8, 4) is 6.07 Å². The zero-order valence-electron chi connectivity index (χ0n) is 14.4. The van der Waals surface area contributed by atoms with E-state index in [2.05, 4.69) is 6.58 Å². The molecule has 0 aliphatic rings. The molecule has 5 nitrogen and oxygen atoms in total. The van der Waals surface area contributed by atoms with Crippen LogP contribution in [-0.2, 0) is 19.1 Å². The van der Waals surface area contributed by atoms with Crippen LogP contribution in [0.3, 0.4) is 0 Å². The molecule has 0 spiro atoms. The lowest BCUT2D eigenvalue weighted by Gasteiger charge is -2.22. The first kappa shape index (κ1) is 19.9. The average molecular weight is 307 g/mol. The molecule has 0 radical (unpaired) electrons. The summed E-state index contributed by atoms with van der Waals surface area (Å²) in [6, 6.07) is 1.88. The molecular formula is C17H25NO4. The molecule has 0 bridgehead atoms. The minimum Gasteiger partial charge on any atom is -0.459 e. The van der Waals surface area contributed by atoms with Crippen LogP contribution in [0, 0.1) is 17.2 Å². The van der Waals surface area contributed by atoms with Crippen LogP contribution in [0.4, 0.5) is 0 Å². The molecule has 0 saturated carbocycles. The number of nitriles is 1. The fourth-order valence-electron chi connectivity index (χ4n) is 1.46. The van der Waals surface area contributed by atoms with Crippen molar-refractivity contribution in [3.05, 3.63) is 23.8 Å². The second-order valence-corrected chi connectivity index (χ2v) is 7.01. The maximum atomic E-state index is 12.0. The SMILES string of the molecule is C=C(/C=C(\C)C(C#N)C(=O)OC(C)(C)C)C(=O)OC(C)(C)C. The lowest BCUT2D eigenvalue weighted by Crippen LogP contribution is -2.29. The van der Waals surface area contributed by atoms with Crippen LogP contribution < -0.4 is 0 Å². The second-order valence-electron chi connectivity index (χ2n) is 7.01. The van der Waals surface area contributed by atoms with Crippen molar-refractivity contribution in [1.82, 2.24) is 0 Å². The molecule has 0 aliphatic carbocycles. The van der Waals surface area contributed by atoms with Crippen molar-refractivity contribution in [1.29, 1.82) is 5.26 Å². The van der Waals surface area contributed by atoms with E-state index in [0.717, 1.165) is 0 Å². The van der Waals surface area contributed by atoms with Gasteiger partial charge in [-0.3, -0.25) is 4.79 Å². The highest BCUT2D eigenvalue weighted by atomic mass is 16.6. The molecular weight excluding hydrogens is 282 g/mol. The van der Waals surface area contributed by atoms with E-state index in [4.69, 9.17) is 14.7 Å². The van der Waals surface area contributed by atoms with Gasteiger partial charge in [0.1, 0.15) is 11.2 Å². The van der Waals surface area contributed by atoms with Gasteiger partial charge in [-0.25, -0.2) is 4.79 Å². The van der Waals surface area contributed by atoms with Crippen LogP contribution in [0.25, 0.3) is 0 Å². The summed E-state index contributed by atoms with van der Waals surface area (Å²) in [5.74, 6) is -2.33. The molecule has 0 N–H and O–H groups in total. The first-order valence-electron chi connectivity index (χ1n) is 7.00. The zero-order valence-corrected chi connectivity index (χ0v) is 14.4. The van der Waals surface area contributed by atoms with E-state index >= 15 is 0 Å². The second kappa shape index (κ2) is 7.26. The van der Waals surface area contributed by atoms with Crippen LogP contribution in [-0.4, -0.2) is 23.1 Å². The van der Waals surface area contributed by atoms with Gasteiger partial charge in [-0.15, -0.1) is 0 Å². The monoisotopic (exact) mass is 307 g/mol. The molecule has 22 heavy (non-hydrogen) atoms. The Hall–Kier alpha value is -2.09. The van der Waals surface area contributed by atoms with E-state index in [1.807, 2.05) is 6.07 Å². The minimum atomic E-state index is -1.08. The molecule has 1 atom stereocenters. The van der Waals surface area contributed by atoms with Gasteiger partial charge in [0.15, 0.2) is 5.92 Å². The third-order valence-electron chi connectivity index (χ3n) is 2.29. The van der Waals surface area contributed by atoms with Crippen LogP contribution in [0.5, 0.6) is 0 Å². The Morgan fingerprint density at radius 2 is 1.55 bits per heavy atom. The largest absolute Gasteiger partial charge is 0.459 e. The number of esters is 2. The molecule has 0 aromatic heterocycles. The van der Waals surface area contributed by atoms with Crippen molar-refractivity contribution in [2.75, 3.05) is 0 Å². The highest BCUT2D eigenvalue weighted by molar-refractivity contribution is 5.91. The number of hydrogen-bond acceptors (Lipinski definition) is 5. The molecule has 0 aromatic rings. The number of nitrogens with zero attached hydrogens (tertiary/aromatic N) is 1. The third-order valence-corrected chi connectivity index (χ3v) is 2.29. The summed E-state index contributed by atoms with van der Waals surface area (Å²) in [7, 11) is 0. The summed E-state index contributed by atoms with van der Waals surface area (Å²) in [4.78, 5) is 23.8. The molecule has 5 heteroatoms. The van der Waals surface area contributed by atoms with Crippen LogP contribution in [0.1, 0.15) is 48.5 Å². The summed E-state index contributed by atoms with van der Waals surface area (Å²) in [6.45, 7) is 15.6. The summed E-state index contributed by atoms with van der Waals surface area (Å²) in [6.07, 6.45) is 1.38. The normalized spacial score (nSPS) is 13.8. The van der Waals surface area contributed by atoms with Crippen LogP contribution in [0.2, 0.25) is 0 Å². The van der Waals surface area contributed by atoms with Gasteiger partial charge >= 0.3 is 11.9 Å². The number of hydrogen-bond donors (Lipinski definition) is 0. The number of ether oxygens (including phenoxy) is 2. The molecule has 0 aliphatic heterocycles. The first-order valence-corrected chi connectivity index (χ1v) is 7.00. The molecule has 0 saturated heterocycles. The maximum Gasteiger partial charge on any atom is 0.338 e. The molecule has 0 heterocycles. The highest BCUT2D eigenvalue weighted by Crippen LogP contribution is 2.19. The zero-order chi connectivity index (χ0) is 17.7. The van der Waals surface area contributed by atoms with Gasteiger partial charge in [0, 0.05) is 0 Å². The topological polar surface area (TPSA) is 76.4 Å². The van der Waals surface area contributed by atoms with E-state index in [9.17, 15) is 9.59 Å². The van der Waals surface area contributed by atoms with E-state index in [0.29, 0.717) is 5.57 Å². The van der Waals surface area contributed by atoms with Crippen molar-refractivity contribution < 1.29 is 19.1 Å². The van der Waals surface area contributed by atoms with Crippen LogP contribution in [0.15, 0.2) is 23.8 Å². The maximum absolute atomic E-state index is 12.0. The molecule has 122 valence electrons. The predicted octanol–water partition coefficient (Wildman–Crippen LogP) is 3.31. The Bertz CT molecular complexity index is 524. The molecule has 0 rings (SSSR count). The third kappa shape index (κ3) is 7.63. The van der Waals surface area contributed by atoms with Gasteiger partial charge in [0.05, 0.1) is 11.6 Å². The summed E-state index contributed by atoms with van der Waals surface area (Å²) < 4.78 is 10.4. The van der Waals surface area contributed by atoms with E-state index < -0.39 is 29.1 Å². The predicted molar refractivity (Wildman–Crippen MR) is 83.7 cm³/mol. The van der Waals surface area contributed by atoms with Gasteiger partial charge in [0.2, 0.25) is 0 Å². The van der Waals surface area contributed by atoms with Crippen molar-refractivity contribution in [2.45, 2.75) is 59.7 Å². The van der Waals surface area contributed by atoms with E-state index in [1.54, 1.807) is 48.5 Å². The lowest BCUT2D eigenvalue weighted by molar-refractivity contribution is -0.156. The molecule has 0 amide bonds.